The van der Waals surface area contributed by atoms with Crippen molar-refractivity contribution < 1.29 is 13.9 Å². The minimum Gasteiger partial charge on any atom is -0.497 e. The Morgan fingerprint density at radius 1 is 1.41 bits per heavy atom. The summed E-state index contributed by atoms with van der Waals surface area (Å²) in [6, 6.07) is 8.82. The summed E-state index contributed by atoms with van der Waals surface area (Å²) in [6.45, 7) is 1.13. The molecule has 1 N–H and O–H groups in total. The van der Waals surface area contributed by atoms with Crippen LogP contribution in [0.3, 0.4) is 0 Å². The van der Waals surface area contributed by atoms with Crippen molar-refractivity contribution in [1.29, 1.82) is 0 Å². The number of methoxy groups -OCH3 is 1. The molecule has 0 spiro atoms. The predicted octanol–water partition coefficient (Wildman–Crippen LogP) is 2.85. The van der Waals surface area contributed by atoms with E-state index in [-0.39, 0.29) is 18.0 Å². The molecule has 2 atom stereocenters. The van der Waals surface area contributed by atoms with Gasteiger partial charge in [0.1, 0.15) is 11.6 Å². The maximum Gasteiger partial charge on any atom is 0.127 e. The number of halogens is 1. The van der Waals surface area contributed by atoms with Crippen LogP contribution in [0.1, 0.15) is 23.7 Å². The molecule has 4 nitrogen and oxygen atoms in total. The second-order valence-corrected chi connectivity index (χ2v) is 5.31. The highest BCUT2D eigenvalue weighted by molar-refractivity contribution is 5.30. The summed E-state index contributed by atoms with van der Waals surface area (Å²) in [4.78, 5) is 4.13. The lowest BCUT2D eigenvalue weighted by Crippen LogP contribution is -2.31. The highest BCUT2D eigenvalue weighted by Gasteiger charge is 2.29. The smallest absolute Gasteiger partial charge is 0.127 e. The van der Waals surface area contributed by atoms with Crippen molar-refractivity contribution in [3.8, 4) is 5.75 Å². The van der Waals surface area contributed by atoms with Gasteiger partial charge in [-0.1, -0.05) is 6.07 Å². The summed E-state index contributed by atoms with van der Waals surface area (Å²) in [6.07, 6.45) is 4.41. The molecule has 2 heterocycles. The summed E-state index contributed by atoms with van der Waals surface area (Å²) < 4.78 is 24.8. The van der Waals surface area contributed by atoms with Crippen molar-refractivity contribution in [1.82, 2.24) is 10.3 Å². The van der Waals surface area contributed by atoms with Gasteiger partial charge in [0.25, 0.3) is 0 Å². The Hall–Kier alpha value is -1.98. The minimum atomic E-state index is -0.231. The lowest BCUT2D eigenvalue weighted by molar-refractivity contribution is 0.0981. The zero-order chi connectivity index (χ0) is 15.4. The molecule has 22 heavy (non-hydrogen) atoms. The van der Waals surface area contributed by atoms with Crippen LogP contribution in [-0.2, 0) is 11.3 Å². The van der Waals surface area contributed by atoms with Crippen molar-refractivity contribution >= 4 is 0 Å². The second kappa shape index (κ2) is 6.85. The molecule has 1 aromatic carbocycles. The van der Waals surface area contributed by atoms with E-state index >= 15 is 0 Å². The Bertz CT molecular complexity index is 621. The number of rotatable bonds is 5. The molecular weight excluding hydrogens is 283 g/mol. The van der Waals surface area contributed by atoms with E-state index in [0.29, 0.717) is 24.5 Å². The highest BCUT2D eigenvalue weighted by atomic mass is 19.1. The number of hydrogen-bond donors (Lipinski definition) is 1. The number of pyridine rings is 1. The fraction of sp³-hybridized carbons (Fsp3) is 0.353. The summed E-state index contributed by atoms with van der Waals surface area (Å²) in [5.41, 5.74) is 1.64. The Labute approximate surface area is 129 Å². The van der Waals surface area contributed by atoms with E-state index in [2.05, 4.69) is 10.3 Å². The molecule has 0 amide bonds. The number of hydrogen-bond acceptors (Lipinski definition) is 4. The van der Waals surface area contributed by atoms with E-state index in [0.717, 1.165) is 12.0 Å². The molecule has 1 aliphatic rings. The Balaban J connectivity index is 1.68. The maximum atomic E-state index is 13.9. The van der Waals surface area contributed by atoms with E-state index in [1.165, 1.54) is 6.07 Å². The van der Waals surface area contributed by atoms with Gasteiger partial charge < -0.3 is 14.8 Å². The zero-order valence-electron chi connectivity index (χ0n) is 12.5. The van der Waals surface area contributed by atoms with Crippen molar-refractivity contribution in [3.63, 3.8) is 0 Å². The fourth-order valence-electron chi connectivity index (χ4n) is 2.73. The largest absolute Gasteiger partial charge is 0.497 e. The average molecular weight is 302 g/mol. The Morgan fingerprint density at radius 3 is 3.09 bits per heavy atom. The molecule has 0 saturated carbocycles. The molecule has 116 valence electrons. The fourth-order valence-corrected chi connectivity index (χ4v) is 2.73. The van der Waals surface area contributed by atoms with E-state index < -0.39 is 0 Å². The average Bonchev–Trinajstić information content (AvgIpc) is 3.03. The Morgan fingerprint density at radius 2 is 2.32 bits per heavy atom. The lowest BCUT2D eigenvalue weighted by Gasteiger charge is -2.20. The van der Waals surface area contributed by atoms with Gasteiger partial charge in [0, 0.05) is 42.7 Å². The van der Waals surface area contributed by atoms with Gasteiger partial charge in [-0.2, -0.15) is 0 Å². The minimum absolute atomic E-state index is 0.0395. The topological polar surface area (TPSA) is 43.4 Å². The highest BCUT2D eigenvalue weighted by Crippen LogP contribution is 2.29. The molecule has 0 bridgehead atoms. The lowest BCUT2D eigenvalue weighted by atomic mass is 10.0. The molecular formula is C17H19FN2O2. The summed E-state index contributed by atoms with van der Waals surface area (Å²) in [5.74, 6) is 0.426. The van der Waals surface area contributed by atoms with Crippen LogP contribution in [0, 0.1) is 5.82 Å². The van der Waals surface area contributed by atoms with Gasteiger partial charge in [0.15, 0.2) is 0 Å². The van der Waals surface area contributed by atoms with Crippen LogP contribution in [0.5, 0.6) is 5.75 Å². The van der Waals surface area contributed by atoms with E-state index in [4.69, 9.17) is 9.47 Å². The number of nitrogens with one attached hydrogen (secondary N) is 1. The third-order valence-corrected chi connectivity index (χ3v) is 3.91. The van der Waals surface area contributed by atoms with Crippen LogP contribution >= 0.6 is 0 Å². The van der Waals surface area contributed by atoms with Crippen LogP contribution in [0.2, 0.25) is 0 Å². The van der Waals surface area contributed by atoms with Crippen LogP contribution in [0.15, 0.2) is 42.7 Å². The van der Waals surface area contributed by atoms with Gasteiger partial charge in [-0.05, 0) is 30.7 Å². The molecule has 1 saturated heterocycles. The second-order valence-electron chi connectivity index (χ2n) is 5.31. The van der Waals surface area contributed by atoms with Gasteiger partial charge in [-0.3, -0.25) is 4.98 Å². The van der Waals surface area contributed by atoms with Gasteiger partial charge in [-0.15, -0.1) is 0 Å². The number of nitrogens with zero attached hydrogens (tertiary/aromatic N) is 1. The standard InChI is InChI=1S/C17H19FN2O2/c1-21-14-4-5-15(18)13(9-14)11-20-16-6-8-22-17(16)12-3-2-7-19-10-12/h2-5,7,9-10,16-17,20H,6,8,11H2,1H3/t16-,17+/m0/s1. The van der Waals surface area contributed by atoms with Crippen molar-refractivity contribution in [3.05, 3.63) is 59.7 Å². The van der Waals surface area contributed by atoms with Crippen LogP contribution in [0.25, 0.3) is 0 Å². The van der Waals surface area contributed by atoms with Crippen molar-refractivity contribution in [2.75, 3.05) is 13.7 Å². The molecule has 3 rings (SSSR count). The normalized spacial score (nSPS) is 21.0. The molecule has 0 aliphatic carbocycles. The molecule has 0 unspecified atom stereocenters. The third kappa shape index (κ3) is 3.26. The molecule has 1 aromatic heterocycles. The van der Waals surface area contributed by atoms with Gasteiger partial charge in [0.2, 0.25) is 0 Å². The first-order chi connectivity index (χ1) is 10.8. The number of aromatic nitrogens is 1. The van der Waals surface area contributed by atoms with Crippen molar-refractivity contribution in [2.45, 2.75) is 25.1 Å². The first-order valence-electron chi connectivity index (χ1n) is 7.35. The summed E-state index contributed by atoms with van der Waals surface area (Å²) >= 11 is 0. The number of ether oxygens (including phenoxy) is 2. The monoisotopic (exact) mass is 302 g/mol. The van der Waals surface area contributed by atoms with Gasteiger partial charge >= 0.3 is 0 Å². The van der Waals surface area contributed by atoms with E-state index in [1.54, 1.807) is 25.4 Å². The summed E-state index contributed by atoms with van der Waals surface area (Å²) in [7, 11) is 1.58. The number of benzene rings is 1. The molecule has 0 radical (unpaired) electrons. The van der Waals surface area contributed by atoms with Crippen LogP contribution in [0.4, 0.5) is 4.39 Å². The Kier molecular flexibility index (Phi) is 4.65. The summed E-state index contributed by atoms with van der Waals surface area (Å²) in [5, 5.41) is 3.39. The third-order valence-electron chi connectivity index (χ3n) is 3.91. The zero-order valence-corrected chi connectivity index (χ0v) is 12.5. The molecule has 1 fully saturated rings. The van der Waals surface area contributed by atoms with E-state index in [9.17, 15) is 4.39 Å². The SMILES string of the molecule is COc1ccc(F)c(CN[C@H]2CCO[C@@H]2c2cccnc2)c1. The van der Waals surface area contributed by atoms with Gasteiger partial charge in [-0.25, -0.2) is 4.39 Å². The molecule has 2 aromatic rings. The van der Waals surface area contributed by atoms with Crippen LogP contribution in [-0.4, -0.2) is 24.7 Å². The van der Waals surface area contributed by atoms with Crippen LogP contribution < -0.4 is 10.1 Å². The molecule has 5 heteroatoms. The van der Waals surface area contributed by atoms with E-state index in [1.807, 2.05) is 18.3 Å². The molecule has 1 aliphatic heterocycles. The maximum absolute atomic E-state index is 13.9. The predicted molar refractivity (Wildman–Crippen MR) is 81.1 cm³/mol. The quantitative estimate of drug-likeness (QED) is 0.922. The first-order valence-corrected chi connectivity index (χ1v) is 7.35. The first kappa shape index (κ1) is 14.9. The van der Waals surface area contributed by atoms with Crippen molar-refractivity contribution in [2.24, 2.45) is 0 Å². The van der Waals surface area contributed by atoms with Gasteiger partial charge in [0.05, 0.1) is 13.2 Å².